The number of amides is 3. The zero-order valence-corrected chi connectivity index (χ0v) is 14.0. The molecule has 3 N–H and O–H groups in total. The maximum absolute atomic E-state index is 12.5. The molecule has 7 heteroatoms. The van der Waals surface area contributed by atoms with Crippen LogP contribution in [0.4, 0.5) is 5.69 Å². The molecule has 25 heavy (non-hydrogen) atoms. The molecule has 1 aliphatic heterocycles. The highest BCUT2D eigenvalue weighted by molar-refractivity contribution is 6.41. The van der Waals surface area contributed by atoms with Crippen molar-refractivity contribution < 1.29 is 14.4 Å². The van der Waals surface area contributed by atoms with E-state index in [1.165, 1.54) is 4.90 Å². The van der Waals surface area contributed by atoms with Crippen molar-refractivity contribution in [3.05, 3.63) is 64.7 Å². The number of rotatable bonds is 4. The van der Waals surface area contributed by atoms with Gasteiger partial charge < -0.3 is 16.0 Å². The quantitative estimate of drug-likeness (QED) is 0.816. The molecule has 6 nitrogen and oxygen atoms in total. The lowest BCUT2D eigenvalue weighted by molar-refractivity contribution is -0.147. The normalized spacial score (nSPS) is 15.2. The van der Waals surface area contributed by atoms with Crippen LogP contribution >= 0.6 is 11.6 Å². The van der Waals surface area contributed by atoms with Gasteiger partial charge in [-0.1, -0.05) is 48.0 Å². The van der Waals surface area contributed by atoms with Gasteiger partial charge in [0.15, 0.2) is 0 Å². The number of carbonyl (C=O) groups excluding carboxylic acids is 3. The molecule has 1 aliphatic rings. The molecule has 3 amide bonds. The number of nitrogens with two attached hydrogens (primary N) is 1. The molecule has 0 aliphatic carbocycles. The number of halogens is 1. The van der Waals surface area contributed by atoms with E-state index in [1.54, 1.807) is 18.2 Å². The minimum atomic E-state index is -0.956. The molecular formula is C18H16ClN3O3. The third kappa shape index (κ3) is 3.49. The minimum absolute atomic E-state index is 0.0209. The Morgan fingerprint density at radius 2 is 1.88 bits per heavy atom. The molecule has 128 valence electrons. The van der Waals surface area contributed by atoms with Crippen LogP contribution in [0.1, 0.15) is 11.1 Å². The van der Waals surface area contributed by atoms with Crippen molar-refractivity contribution in [1.82, 2.24) is 4.90 Å². The van der Waals surface area contributed by atoms with Gasteiger partial charge in [0.25, 0.3) is 0 Å². The number of carbonyl (C=O) groups is 3. The van der Waals surface area contributed by atoms with Crippen molar-refractivity contribution in [2.45, 2.75) is 19.0 Å². The van der Waals surface area contributed by atoms with E-state index in [-0.39, 0.29) is 13.0 Å². The summed E-state index contributed by atoms with van der Waals surface area (Å²) in [5.74, 6) is -2.31. The maximum Gasteiger partial charge on any atom is 0.313 e. The number of benzene rings is 2. The Balaban J connectivity index is 1.99. The monoisotopic (exact) mass is 357 g/mol. The van der Waals surface area contributed by atoms with Crippen LogP contribution in [0, 0.1) is 0 Å². The number of primary amides is 1. The smallest absolute Gasteiger partial charge is 0.313 e. The van der Waals surface area contributed by atoms with Gasteiger partial charge in [-0.15, -0.1) is 0 Å². The maximum atomic E-state index is 12.5. The molecule has 2 aromatic carbocycles. The van der Waals surface area contributed by atoms with Gasteiger partial charge in [-0.2, -0.15) is 0 Å². The van der Waals surface area contributed by atoms with Crippen LogP contribution in [0.25, 0.3) is 0 Å². The first-order valence-corrected chi connectivity index (χ1v) is 8.07. The van der Waals surface area contributed by atoms with E-state index in [1.807, 2.05) is 30.3 Å². The van der Waals surface area contributed by atoms with Crippen molar-refractivity contribution in [3.63, 3.8) is 0 Å². The van der Waals surface area contributed by atoms with Crippen molar-refractivity contribution >= 4 is 35.0 Å². The lowest BCUT2D eigenvalue weighted by Crippen LogP contribution is -2.50. The third-order valence-electron chi connectivity index (χ3n) is 4.13. The van der Waals surface area contributed by atoms with Crippen molar-refractivity contribution in [2.75, 3.05) is 5.32 Å². The Morgan fingerprint density at radius 3 is 2.56 bits per heavy atom. The number of hydrogen-bond donors (Lipinski definition) is 2. The Hall–Kier alpha value is -2.86. The standard InChI is InChI=1S/C18H16ClN3O3/c19-13-7-4-8-14-12(13)10-22(18(25)17(24)21-14)15(16(20)23)9-11-5-2-1-3-6-11/h1-8,15H,9-10H2,(H2,20,23)(H,21,24)/t15-/m1/s1. The molecule has 1 atom stereocenters. The first kappa shape index (κ1) is 17.0. The van der Waals surface area contributed by atoms with E-state index in [2.05, 4.69) is 5.32 Å². The number of hydrogen-bond acceptors (Lipinski definition) is 3. The zero-order valence-electron chi connectivity index (χ0n) is 13.2. The molecule has 0 spiro atoms. The topological polar surface area (TPSA) is 92.5 Å². The highest BCUT2D eigenvalue weighted by atomic mass is 35.5. The second kappa shape index (κ2) is 6.94. The van der Waals surface area contributed by atoms with E-state index in [4.69, 9.17) is 17.3 Å². The summed E-state index contributed by atoms with van der Waals surface area (Å²) in [6.45, 7) is 0.0209. The second-order valence-corrected chi connectivity index (χ2v) is 6.17. The molecule has 0 radical (unpaired) electrons. The van der Waals surface area contributed by atoms with Crippen LogP contribution in [-0.2, 0) is 27.3 Å². The molecule has 0 fully saturated rings. The fourth-order valence-corrected chi connectivity index (χ4v) is 3.07. The largest absolute Gasteiger partial charge is 0.368 e. The summed E-state index contributed by atoms with van der Waals surface area (Å²) in [6.07, 6.45) is 0.217. The van der Waals surface area contributed by atoms with E-state index < -0.39 is 23.8 Å². The fraction of sp³-hybridized carbons (Fsp3) is 0.167. The number of nitrogens with one attached hydrogen (secondary N) is 1. The van der Waals surface area contributed by atoms with E-state index in [0.29, 0.717) is 16.3 Å². The molecule has 2 aromatic rings. The first-order valence-electron chi connectivity index (χ1n) is 7.70. The predicted octanol–water partition coefficient (Wildman–Crippen LogP) is 1.72. The summed E-state index contributed by atoms with van der Waals surface area (Å²) < 4.78 is 0. The molecule has 0 unspecified atom stereocenters. The molecular weight excluding hydrogens is 342 g/mol. The van der Waals surface area contributed by atoms with Gasteiger partial charge in [-0.3, -0.25) is 14.4 Å². The molecule has 0 saturated carbocycles. The van der Waals surface area contributed by atoms with E-state index >= 15 is 0 Å². The summed E-state index contributed by atoms with van der Waals surface area (Å²) in [5.41, 5.74) is 7.40. The lowest BCUT2D eigenvalue weighted by atomic mass is 10.0. The SMILES string of the molecule is NC(=O)[C@@H](Cc1ccccc1)N1Cc2c(Cl)cccc2NC(=O)C1=O. The van der Waals surface area contributed by atoms with Gasteiger partial charge in [-0.05, 0) is 17.7 Å². The van der Waals surface area contributed by atoms with Gasteiger partial charge in [0.1, 0.15) is 6.04 Å². The Bertz CT molecular complexity index is 839. The van der Waals surface area contributed by atoms with Crippen LogP contribution in [0.5, 0.6) is 0 Å². The van der Waals surface area contributed by atoms with Gasteiger partial charge in [-0.25, -0.2) is 0 Å². The molecule has 1 heterocycles. The van der Waals surface area contributed by atoms with Crippen LogP contribution in [0.2, 0.25) is 5.02 Å². The third-order valence-corrected chi connectivity index (χ3v) is 4.48. The average Bonchev–Trinajstić information content (AvgIpc) is 2.72. The van der Waals surface area contributed by atoms with Gasteiger partial charge >= 0.3 is 11.8 Å². The summed E-state index contributed by atoms with van der Waals surface area (Å²) >= 11 is 6.21. The first-order chi connectivity index (χ1) is 12.0. The highest BCUT2D eigenvalue weighted by Crippen LogP contribution is 2.29. The van der Waals surface area contributed by atoms with Crippen LogP contribution in [-0.4, -0.2) is 28.7 Å². The van der Waals surface area contributed by atoms with Gasteiger partial charge in [0.05, 0.1) is 6.54 Å². The van der Waals surface area contributed by atoms with Gasteiger partial charge in [0.2, 0.25) is 5.91 Å². The minimum Gasteiger partial charge on any atom is -0.368 e. The predicted molar refractivity (Wildman–Crippen MR) is 93.8 cm³/mol. The van der Waals surface area contributed by atoms with E-state index in [9.17, 15) is 14.4 Å². The second-order valence-electron chi connectivity index (χ2n) is 5.76. The zero-order chi connectivity index (χ0) is 18.0. The molecule has 3 rings (SSSR count). The number of anilines is 1. The van der Waals surface area contributed by atoms with Crippen LogP contribution < -0.4 is 11.1 Å². The summed E-state index contributed by atoms with van der Waals surface area (Å²) in [4.78, 5) is 37.9. The lowest BCUT2D eigenvalue weighted by Gasteiger charge is -2.28. The van der Waals surface area contributed by atoms with Crippen LogP contribution in [0.3, 0.4) is 0 Å². The van der Waals surface area contributed by atoms with Gasteiger partial charge in [0, 0.05) is 22.7 Å². The Morgan fingerprint density at radius 1 is 1.16 bits per heavy atom. The van der Waals surface area contributed by atoms with Crippen molar-refractivity contribution in [1.29, 1.82) is 0 Å². The Kier molecular flexibility index (Phi) is 4.72. The molecule has 0 saturated heterocycles. The molecule has 0 aromatic heterocycles. The number of nitrogens with zero attached hydrogens (tertiary/aromatic N) is 1. The van der Waals surface area contributed by atoms with Crippen LogP contribution in [0.15, 0.2) is 48.5 Å². The number of fused-ring (bicyclic) bond motifs is 1. The van der Waals surface area contributed by atoms with Crippen molar-refractivity contribution in [2.24, 2.45) is 5.73 Å². The summed E-state index contributed by atoms with van der Waals surface area (Å²) in [7, 11) is 0. The average molecular weight is 358 g/mol. The van der Waals surface area contributed by atoms with Crippen molar-refractivity contribution in [3.8, 4) is 0 Å². The molecule has 0 bridgehead atoms. The van der Waals surface area contributed by atoms with E-state index in [0.717, 1.165) is 5.56 Å². The highest BCUT2D eigenvalue weighted by Gasteiger charge is 2.35. The summed E-state index contributed by atoms with van der Waals surface area (Å²) in [5, 5.41) is 2.94. The fourth-order valence-electron chi connectivity index (χ4n) is 2.84. The summed E-state index contributed by atoms with van der Waals surface area (Å²) in [6, 6.07) is 13.2. The Labute approximate surface area is 149 Å².